The third kappa shape index (κ3) is 3.02. The second kappa shape index (κ2) is 6.72. The van der Waals surface area contributed by atoms with E-state index in [-0.39, 0.29) is 18.1 Å². The van der Waals surface area contributed by atoms with E-state index in [1.807, 2.05) is 0 Å². The number of rotatable bonds is 5. The quantitative estimate of drug-likeness (QED) is 0.844. The van der Waals surface area contributed by atoms with Gasteiger partial charge < -0.3 is 19.7 Å². The lowest BCUT2D eigenvalue weighted by molar-refractivity contribution is -0.133. The first kappa shape index (κ1) is 17.2. The number of carbonyl (C=O) groups is 1. The molecule has 1 aromatic heterocycles. The Balaban J connectivity index is 1.89. The summed E-state index contributed by atoms with van der Waals surface area (Å²) in [5.74, 6) is 0.000792. The summed E-state index contributed by atoms with van der Waals surface area (Å²) < 4.78 is 10.3. The second-order valence-corrected chi connectivity index (χ2v) is 6.71. The molecule has 1 aliphatic rings. The van der Waals surface area contributed by atoms with Gasteiger partial charge in [-0.1, -0.05) is 34.4 Å². The topological polar surface area (TPSA) is 84.6 Å². The summed E-state index contributed by atoms with van der Waals surface area (Å²) in [5, 5.41) is 17.0. The number of benzene rings is 1. The minimum atomic E-state index is -0.428. The summed E-state index contributed by atoms with van der Waals surface area (Å²) >= 11 is 12.4. The molecule has 0 radical (unpaired) electrons. The Hall–Kier alpha value is -1.60. The number of aryl methyl sites for hydroxylation is 1. The average molecular weight is 371 g/mol. The molecular weight excluding hydrogens is 355 g/mol. The number of amides is 1. The maximum absolute atomic E-state index is 12.6. The zero-order valence-corrected chi connectivity index (χ0v) is 14.4. The molecule has 2 aromatic rings. The van der Waals surface area contributed by atoms with Gasteiger partial charge in [-0.2, -0.15) is 0 Å². The van der Waals surface area contributed by atoms with Crippen molar-refractivity contribution in [3.8, 4) is 11.3 Å². The van der Waals surface area contributed by atoms with Gasteiger partial charge >= 0.3 is 0 Å². The summed E-state index contributed by atoms with van der Waals surface area (Å²) in [4.78, 5) is 12.6. The molecule has 1 saturated heterocycles. The zero-order valence-electron chi connectivity index (χ0n) is 12.9. The molecule has 24 heavy (non-hydrogen) atoms. The van der Waals surface area contributed by atoms with E-state index in [0.717, 1.165) is 0 Å². The molecule has 0 bridgehead atoms. The molecule has 0 atom stereocenters. The molecule has 128 valence electrons. The molecule has 8 heteroatoms. The Morgan fingerprint density at radius 3 is 2.58 bits per heavy atom. The Morgan fingerprint density at radius 1 is 1.38 bits per heavy atom. The van der Waals surface area contributed by atoms with E-state index >= 15 is 0 Å². The third-order valence-electron chi connectivity index (χ3n) is 4.07. The number of nitrogens with zero attached hydrogens (tertiary/aromatic N) is 1. The summed E-state index contributed by atoms with van der Waals surface area (Å²) in [6.07, 6.45) is 0. The van der Waals surface area contributed by atoms with Crippen molar-refractivity contribution >= 4 is 29.1 Å². The standard InChI is InChI=1S/C16H16Cl2N2O4/c1-9-12(15(22)19-5-16(6-21)7-23-8-16)14(20-24-9)13-10(17)3-2-4-11(13)18/h2-4,21H,5-8H2,1H3,(H,19,22). The molecule has 6 nitrogen and oxygen atoms in total. The van der Waals surface area contributed by atoms with Crippen LogP contribution in [0.2, 0.25) is 10.0 Å². The number of hydrogen-bond donors (Lipinski definition) is 2. The fourth-order valence-corrected chi connectivity index (χ4v) is 3.11. The molecule has 2 heterocycles. The zero-order chi connectivity index (χ0) is 17.3. The van der Waals surface area contributed by atoms with Crippen LogP contribution in [0.15, 0.2) is 22.7 Å². The van der Waals surface area contributed by atoms with Gasteiger partial charge in [0, 0.05) is 12.1 Å². The average Bonchev–Trinajstić information content (AvgIpc) is 2.88. The number of aliphatic hydroxyl groups excluding tert-OH is 1. The number of ether oxygens (including phenoxy) is 1. The van der Waals surface area contributed by atoms with Crippen molar-refractivity contribution < 1.29 is 19.2 Å². The van der Waals surface area contributed by atoms with Crippen LogP contribution in [0.5, 0.6) is 0 Å². The van der Waals surface area contributed by atoms with E-state index < -0.39 is 5.41 Å². The number of aromatic nitrogens is 1. The lowest BCUT2D eigenvalue weighted by Crippen LogP contribution is -2.53. The van der Waals surface area contributed by atoms with Crippen molar-refractivity contribution in [2.45, 2.75) is 6.92 Å². The molecule has 3 rings (SSSR count). The molecule has 2 N–H and O–H groups in total. The van der Waals surface area contributed by atoms with Crippen LogP contribution in [0.25, 0.3) is 11.3 Å². The van der Waals surface area contributed by atoms with Gasteiger partial charge in [-0.15, -0.1) is 0 Å². The smallest absolute Gasteiger partial charge is 0.257 e. The predicted molar refractivity (Wildman–Crippen MR) is 89.4 cm³/mol. The molecule has 0 aliphatic carbocycles. The van der Waals surface area contributed by atoms with Gasteiger partial charge in [0.15, 0.2) is 0 Å². The van der Waals surface area contributed by atoms with E-state index in [2.05, 4.69) is 10.5 Å². The number of carbonyl (C=O) groups excluding carboxylic acids is 1. The van der Waals surface area contributed by atoms with Crippen molar-refractivity contribution in [2.24, 2.45) is 5.41 Å². The van der Waals surface area contributed by atoms with Gasteiger partial charge in [-0.25, -0.2) is 0 Å². The van der Waals surface area contributed by atoms with Crippen LogP contribution >= 0.6 is 23.2 Å². The SMILES string of the molecule is Cc1onc(-c2c(Cl)cccc2Cl)c1C(=O)NCC1(CO)COC1. The summed E-state index contributed by atoms with van der Waals surface area (Å²) in [6, 6.07) is 5.05. The van der Waals surface area contributed by atoms with E-state index in [1.165, 1.54) is 0 Å². The fraction of sp³-hybridized carbons (Fsp3) is 0.375. The van der Waals surface area contributed by atoms with Crippen LogP contribution in [0, 0.1) is 12.3 Å². The minimum absolute atomic E-state index is 0.0565. The van der Waals surface area contributed by atoms with E-state index in [9.17, 15) is 9.90 Å². The highest BCUT2D eigenvalue weighted by Crippen LogP contribution is 2.36. The number of aliphatic hydroxyl groups is 1. The maximum atomic E-state index is 12.6. The molecule has 0 spiro atoms. The van der Waals surface area contributed by atoms with Gasteiger partial charge in [0.1, 0.15) is 17.0 Å². The fourth-order valence-electron chi connectivity index (χ4n) is 2.53. The van der Waals surface area contributed by atoms with E-state index in [4.69, 9.17) is 32.5 Å². The van der Waals surface area contributed by atoms with Gasteiger partial charge in [0.25, 0.3) is 5.91 Å². The lowest BCUT2D eigenvalue weighted by Gasteiger charge is -2.39. The van der Waals surface area contributed by atoms with Crippen molar-refractivity contribution in [1.82, 2.24) is 10.5 Å². The van der Waals surface area contributed by atoms with Crippen LogP contribution in [-0.2, 0) is 4.74 Å². The Kier molecular flexibility index (Phi) is 4.83. The number of hydrogen-bond acceptors (Lipinski definition) is 5. The number of halogens is 2. The highest BCUT2D eigenvalue weighted by atomic mass is 35.5. The number of nitrogens with one attached hydrogen (secondary N) is 1. The summed E-state index contributed by atoms with van der Waals surface area (Å²) in [5.41, 5.74) is 0.594. The van der Waals surface area contributed by atoms with E-state index in [0.29, 0.717) is 46.8 Å². The highest BCUT2D eigenvalue weighted by molar-refractivity contribution is 6.39. The van der Waals surface area contributed by atoms with Crippen LogP contribution in [0.1, 0.15) is 16.1 Å². The summed E-state index contributed by atoms with van der Waals surface area (Å²) in [7, 11) is 0. The largest absolute Gasteiger partial charge is 0.396 e. The Morgan fingerprint density at radius 2 is 2.04 bits per heavy atom. The van der Waals surface area contributed by atoms with Crippen molar-refractivity contribution in [2.75, 3.05) is 26.4 Å². The Labute approximate surface area is 148 Å². The first-order chi connectivity index (χ1) is 11.5. The van der Waals surface area contributed by atoms with Crippen LogP contribution in [0.3, 0.4) is 0 Å². The molecule has 1 amide bonds. The van der Waals surface area contributed by atoms with Crippen molar-refractivity contribution in [1.29, 1.82) is 0 Å². The van der Waals surface area contributed by atoms with Gasteiger partial charge in [-0.3, -0.25) is 4.79 Å². The van der Waals surface area contributed by atoms with Crippen LogP contribution in [-0.4, -0.2) is 42.5 Å². The monoisotopic (exact) mass is 370 g/mol. The molecule has 1 aliphatic heterocycles. The van der Waals surface area contributed by atoms with Crippen LogP contribution in [0.4, 0.5) is 0 Å². The van der Waals surface area contributed by atoms with E-state index in [1.54, 1.807) is 25.1 Å². The Bertz CT molecular complexity index is 746. The molecule has 0 unspecified atom stereocenters. The molecule has 1 fully saturated rings. The van der Waals surface area contributed by atoms with Crippen LogP contribution < -0.4 is 5.32 Å². The minimum Gasteiger partial charge on any atom is -0.396 e. The summed E-state index contributed by atoms with van der Waals surface area (Å²) in [6.45, 7) is 2.71. The second-order valence-electron chi connectivity index (χ2n) is 5.89. The molecular formula is C16H16Cl2N2O4. The predicted octanol–water partition coefficient (Wildman–Crippen LogP) is 2.70. The maximum Gasteiger partial charge on any atom is 0.257 e. The van der Waals surface area contributed by atoms with Crippen molar-refractivity contribution in [3.05, 3.63) is 39.6 Å². The van der Waals surface area contributed by atoms with Crippen molar-refractivity contribution in [3.63, 3.8) is 0 Å². The normalized spacial score (nSPS) is 15.8. The third-order valence-corrected chi connectivity index (χ3v) is 4.70. The molecule has 0 saturated carbocycles. The lowest BCUT2D eigenvalue weighted by atomic mass is 9.87. The van der Waals surface area contributed by atoms with Gasteiger partial charge in [0.05, 0.1) is 35.3 Å². The van der Waals surface area contributed by atoms with Gasteiger partial charge in [0.2, 0.25) is 0 Å². The van der Waals surface area contributed by atoms with Gasteiger partial charge in [-0.05, 0) is 19.1 Å². The first-order valence-corrected chi connectivity index (χ1v) is 8.10. The molecule has 1 aromatic carbocycles. The first-order valence-electron chi connectivity index (χ1n) is 7.35. The highest BCUT2D eigenvalue weighted by Gasteiger charge is 2.38.